The molecule has 0 amide bonds. The van der Waals surface area contributed by atoms with Gasteiger partial charge in [-0.3, -0.25) is 0 Å². The zero-order valence-corrected chi connectivity index (χ0v) is 22.0. The summed E-state index contributed by atoms with van der Waals surface area (Å²) in [6.07, 6.45) is 16.1. The van der Waals surface area contributed by atoms with E-state index in [-0.39, 0.29) is 5.76 Å². The quantitative estimate of drug-likeness (QED) is 0.171. The monoisotopic (exact) mass is 445 g/mol. The number of likely N-dealkylation sites (N-methyl/N-ethyl adjacent to an activating group) is 1. The van der Waals surface area contributed by atoms with Crippen LogP contribution in [-0.4, -0.2) is 24.8 Å². The zero-order valence-electron chi connectivity index (χ0n) is 22.0. The Bertz CT molecular complexity index is 598. The molecule has 184 valence electrons. The van der Waals surface area contributed by atoms with Gasteiger partial charge in [0.05, 0.1) is 5.76 Å². The van der Waals surface area contributed by atoms with E-state index < -0.39 is 0 Å². The van der Waals surface area contributed by atoms with Gasteiger partial charge in [-0.1, -0.05) is 70.0 Å². The van der Waals surface area contributed by atoms with Crippen LogP contribution in [-0.2, 0) is 6.42 Å². The summed E-state index contributed by atoms with van der Waals surface area (Å²) in [6, 6.07) is 8.52. The Morgan fingerprint density at radius 2 is 1.75 bits per heavy atom. The zero-order chi connectivity index (χ0) is 24.6. The first-order chi connectivity index (χ1) is 15.4. The second kappa shape index (κ2) is 23.7. The summed E-state index contributed by atoms with van der Waals surface area (Å²) in [6.45, 7) is 16.5. The van der Waals surface area contributed by atoms with Crippen LogP contribution in [0.4, 0.5) is 0 Å². The summed E-state index contributed by atoms with van der Waals surface area (Å²) in [5, 5.41) is 12.2. The summed E-state index contributed by atoms with van der Waals surface area (Å²) in [7, 11) is 1.96. The van der Waals surface area contributed by atoms with E-state index in [1.54, 1.807) is 13.0 Å². The van der Waals surface area contributed by atoms with Gasteiger partial charge >= 0.3 is 0 Å². The van der Waals surface area contributed by atoms with Crippen molar-refractivity contribution in [1.82, 2.24) is 5.32 Å². The average Bonchev–Trinajstić information content (AvgIpc) is 2.81. The number of hydrogen-bond donors (Lipinski definition) is 2. The Morgan fingerprint density at radius 3 is 2.28 bits per heavy atom. The molecule has 3 heteroatoms. The molecular formula is C29H51NO2. The lowest BCUT2D eigenvalue weighted by Crippen LogP contribution is -2.23. The molecule has 0 aliphatic rings. The van der Waals surface area contributed by atoms with Crippen LogP contribution in [0, 0.1) is 0 Å². The first-order valence-electron chi connectivity index (χ1n) is 12.4. The van der Waals surface area contributed by atoms with E-state index in [0.29, 0.717) is 12.6 Å². The van der Waals surface area contributed by atoms with Crippen LogP contribution >= 0.6 is 0 Å². The predicted octanol–water partition coefficient (Wildman–Crippen LogP) is 8.57. The van der Waals surface area contributed by atoms with E-state index >= 15 is 0 Å². The molecule has 0 fully saturated rings. The van der Waals surface area contributed by atoms with E-state index in [9.17, 15) is 0 Å². The molecule has 0 radical (unpaired) electrons. The molecule has 2 N–H and O–H groups in total. The van der Waals surface area contributed by atoms with Crippen molar-refractivity contribution in [3.8, 4) is 5.75 Å². The van der Waals surface area contributed by atoms with Crippen LogP contribution < -0.4 is 10.1 Å². The minimum absolute atomic E-state index is 0.282. The van der Waals surface area contributed by atoms with Gasteiger partial charge in [-0.15, -0.1) is 0 Å². The highest BCUT2D eigenvalue weighted by molar-refractivity contribution is 5.27. The molecule has 0 heterocycles. The van der Waals surface area contributed by atoms with E-state index in [1.807, 2.05) is 33.0 Å². The van der Waals surface area contributed by atoms with Gasteiger partial charge < -0.3 is 15.2 Å². The fourth-order valence-corrected chi connectivity index (χ4v) is 2.77. The maximum Gasteiger partial charge on any atom is 0.119 e. The normalized spacial score (nSPS) is 11.8. The van der Waals surface area contributed by atoms with Gasteiger partial charge in [0.25, 0.3) is 0 Å². The Labute approximate surface area is 199 Å². The van der Waals surface area contributed by atoms with Crippen LogP contribution in [0.5, 0.6) is 5.75 Å². The lowest BCUT2D eigenvalue weighted by molar-refractivity contribution is 0.347. The van der Waals surface area contributed by atoms with Gasteiger partial charge in [0.2, 0.25) is 0 Å². The van der Waals surface area contributed by atoms with E-state index in [0.717, 1.165) is 18.6 Å². The highest BCUT2D eigenvalue weighted by Crippen LogP contribution is 2.14. The molecule has 1 rings (SSSR count). The van der Waals surface area contributed by atoms with Gasteiger partial charge in [0.1, 0.15) is 12.4 Å². The molecule has 1 aromatic carbocycles. The van der Waals surface area contributed by atoms with Crippen LogP contribution in [0.25, 0.3) is 0 Å². The standard InChI is InChI=1S/C14H21NO2.C13H24.C2H6/c1-11(15-3)10-13-4-6-14(7-5-13)17-9-8-12(2)16;1-4-6-7-8-9-10-11-12-13(3)5-2;1-2/h4-8,11,15-16H,9-10H2,1-3H3;4,6H,3,5,7-12H2,1-2H3;1-2H3/b12-8+;6-4+;/t11-;;/m1../s1. The molecule has 0 bridgehead atoms. The highest BCUT2D eigenvalue weighted by Gasteiger charge is 2.00. The minimum atomic E-state index is 0.282. The number of ether oxygens (including phenoxy) is 1. The van der Waals surface area contributed by atoms with Crippen molar-refractivity contribution < 1.29 is 9.84 Å². The second-order valence-electron chi connectivity index (χ2n) is 7.82. The molecule has 0 unspecified atom stereocenters. The second-order valence-corrected chi connectivity index (χ2v) is 7.82. The number of unbranched alkanes of at least 4 members (excludes halogenated alkanes) is 4. The maximum atomic E-state index is 8.97. The average molecular weight is 446 g/mol. The van der Waals surface area contributed by atoms with Crippen LogP contribution in [0.1, 0.15) is 92.1 Å². The van der Waals surface area contributed by atoms with E-state index in [2.05, 4.69) is 57.0 Å². The first-order valence-corrected chi connectivity index (χ1v) is 12.4. The lowest BCUT2D eigenvalue weighted by Gasteiger charge is -2.10. The summed E-state index contributed by atoms with van der Waals surface area (Å²) in [5.41, 5.74) is 2.70. The molecule has 0 saturated heterocycles. The topological polar surface area (TPSA) is 41.5 Å². The number of aliphatic hydroxyl groups excluding tert-OH is 1. The molecule has 0 saturated carbocycles. The molecule has 32 heavy (non-hydrogen) atoms. The van der Waals surface area contributed by atoms with Crippen LogP contribution in [0.3, 0.4) is 0 Å². The van der Waals surface area contributed by atoms with Gasteiger partial charge in [-0.2, -0.15) is 0 Å². The summed E-state index contributed by atoms with van der Waals surface area (Å²) in [5.74, 6) is 1.10. The molecule has 1 atom stereocenters. The summed E-state index contributed by atoms with van der Waals surface area (Å²) >= 11 is 0. The van der Waals surface area contributed by atoms with Crippen LogP contribution in [0.15, 0.2) is 60.4 Å². The molecule has 0 aliphatic heterocycles. The fourth-order valence-electron chi connectivity index (χ4n) is 2.77. The van der Waals surface area contributed by atoms with Crippen molar-refractivity contribution in [1.29, 1.82) is 0 Å². The third-order valence-electron chi connectivity index (χ3n) is 4.97. The van der Waals surface area contributed by atoms with E-state index in [4.69, 9.17) is 9.84 Å². The van der Waals surface area contributed by atoms with Crippen molar-refractivity contribution in [2.75, 3.05) is 13.7 Å². The lowest BCUT2D eigenvalue weighted by atomic mass is 10.1. The Morgan fingerprint density at radius 1 is 1.12 bits per heavy atom. The molecule has 0 aliphatic carbocycles. The molecule has 0 aromatic heterocycles. The Balaban J connectivity index is 0. The Hall–Kier alpha value is -2.00. The van der Waals surface area contributed by atoms with Crippen molar-refractivity contribution in [3.63, 3.8) is 0 Å². The SMILES string of the molecule is C=C(CC)CCCCCC/C=C/C.CC.CN[C@H](C)Cc1ccc(OC/C=C(\C)O)cc1. The summed E-state index contributed by atoms with van der Waals surface area (Å²) < 4.78 is 5.45. The van der Waals surface area contributed by atoms with Crippen molar-refractivity contribution >= 4 is 0 Å². The number of benzene rings is 1. The van der Waals surface area contributed by atoms with Crippen molar-refractivity contribution in [2.45, 2.75) is 99.0 Å². The maximum absolute atomic E-state index is 8.97. The largest absolute Gasteiger partial charge is 0.513 e. The third kappa shape index (κ3) is 21.2. The predicted molar refractivity (Wildman–Crippen MR) is 144 cm³/mol. The van der Waals surface area contributed by atoms with Crippen LogP contribution in [0.2, 0.25) is 0 Å². The number of hydrogen-bond acceptors (Lipinski definition) is 3. The van der Waals surface area contributed by atoms with Gasteiger partial charge in [0, 0.05) is 6.04 Å². The highest BCUT2D eigenvalue weighted by atomic mass is 16.5. The first kappa shape index (κ1) is 32.2. The summed E-state index contributed by atoms with van der Waals surface area (Å²) in [4.78, 5) is 0. The number of aliphatic hydroxyl groups is 1. The molecule has 1 aromatic rings. The van der Waals surface area contributed by atoms with Gasteiger partial charge in [0.15, 0.2) is 0 Å². The molecule has 3 nitrogen and oxygen atoms in total. The Kier molecular flexibility index (Phi) is 23.8. The number of rotatable bonds is 14. The van der Waals surface area contributed by atoms with Crippen molar-refractivity contribution in [2.24, 2.45) is 0 Å². The molecule has 0 spiro atoms. The third-order valence-corrected chi connectivity index (χ3v) is 4.97. The number of allylic oxidation sites excluding steroid dienone is 4. The van der Waals surface area contributed by atoms with Gasteiger partial charge in [-0.05, 0) is 90.1 Å². The number of nitrogens with one attached hydrogen (secondary N) is 1. The smallest absolute Gasteiger partial charge is 0.119 e. The van der Waals surface area contributed by atoms with E-state index in [1.165, 1.54) is 49.7 Å². The molecular weight excluding hydrogens is 394 g/mol. The fraction of sp³-hybridized carbons (Fsp3) is 0.586. The minimum Gasteiger partial charge on any atom is -0.513 e. The van der Waals surface area contributed by atoms with Gasteiger partial charge in [-0.25, -0.2) is 0 Å². The van der Waals surface area contributed by atoms with Crippen molar-refractivity contribution in [3.05, 3.63) is 66.0 Å².